The molecule has 0 spiro atoms. The first-order valence-electron chi connectivity index (χ1n) is 7.12. The van der Waals surface area contributed by atoms with Crippen molar-refractivity contribution in [1.29, 1.82) is 0 Å². The van der Waals surface area contributed by atoms with Crippen LogP contribution in [0.2, 0.25) is 0 Å². The number of benzene rings is 3. The molecule has 0 saturated heterocycles. The Hall–Kier alpha value is -2.19. The predicted octanol–water partition coefficient (Wildman–Crippen LogP) is 4.75. The van der Waals surface area contributed by atoms with E-state index in [0.29, 0.717) is 0 Å². The van der Waals surface area contributed by atoms with Crippen molar-refractivity contribution in [3.8, 4) is 0 Å². The van der Waals surface area contributed by atoms with Crippen LogP contribution in [-0.2, 0) is 6.54 Å². The van der Waals surface area contributed by atoms with E-state index in [9.17, 15) is 4.39 Å². The van der Waals surface area contributed by atoms with Crippen molar-refractivity contribution in [2.75, 3.05) is 14.1 Å². The molecule has 2 heteroatoms. The van der Waals surface area contributed by atoms with Crippen molar-refractivity contribution in [3.05, 3.63) is 78.1 Å². The molecule has 0 amide bonds. The summed E-state index contributed by atoms with van der Waals surface area (Å²) < 4.78 is 13.8. The lowest BCUT2D eigenvalue weighted by Gasteiger charge is -2.30. The molecular weight excluding hydrogens is 261 g/mol. The maximum Gasteiger partial charge on any atom is 0.140 e. The number of fused-ring (bicyclic) bond motifs is 1. The number of quaternary nitrogens is 1. The van der Waals surface area contributed by atoms with E-state index in [0.717, 1.165) is 16.6 Å². The third-order valence-electron chi connectivity index (χ3n) is 3.91. The van der Waals surface area contributed by atoms with Gasteiger partial charge in [0.05, 0.1) is 14.1 Å². The van der Waals surface area contributed by atoms with Gasteiger partial charge in [-0.25, -0.2) is 4.39 Å². The molecule has 106 valence electrons. The molecule has 0 N–H and O–H groups in total. The van der Waals surface area contributed by atoms with Gasteiger partial charge in [0.25, 0.3) is 0 Å². The van der Waals surface area contributed by atoms with Gasteiger partial charge in [-0.05, 0) is 29.7 Å². The highest BCUT2D eigenvalue weighted by Gasteiger charge is 2.22. The lowest BCUT2D eigenvalue weighted by molar-refractivity contribution is 0.394. The van der Waals surface area contributed by atoms with Gasteiger partial charge < -0.3 is 0 Å². The van der Waals surface area contributed by atoms with Crippen molar-refractivity contribution >= 4 is 16.5 Å². The highest BCUT2D eigenvalue weighted by Crippen LogP contribution is 2.30. The van der Waals surface area contributed by atoms with Gasteiger partial charge in [0.15, 0.2) is 0 Å². The molecule has 3 rings (SSSR count). The Morgan fingerprint density at radius 2 is 1.48 bits per heavy atom. The van der Waals surface area contributed by atoms with Gasteiger partial charge in [0.1, 0.15) is 18.0 Å². The van der Waals surface area contributed by atoms with E-state index in [1.165, 1.54) is 28.6 Å². The van der Waals surface area contributed by atoms with Crippen LogP contribution in [0.15, 0.2) is 66.7 Å². The zero-order valence-electron chi connectivity index (χ0n) is 12.4. The molecule has 0 saturated carbocycles. The Balaban J connectivity index is 2.01. The van der Waals surface area contributed by atoms with Crippen LogP contribution in [0.5, 0.6) is 0 Å². The van der Waals surface area contributed by atoms with E-state index in [2.05, 4.69) is 56.6 Å². The molecule has 0 heterocycles. The molecule has 0 bridgehead atoms. The van der Waals surface area contributed by atoms with Gasteiger partial charge in [0.2, 0.25) is 0 Å². The first kappa shape index (κ1) is 13.8. The van der Waals surface area contributed by atoms with Crippen LogP contribution in [0.4, 0.5) is 10.1 Å². The monoisotopic (exact) mass is 280 g/mol. The van der Waals surface area contributed by atoms with Crippen LogP contribution in [-0.4, -0.2) is 14.1 Å². The normalized spacial score (nSPS) is 11.8. The van der Waals surface area contributed by atoms with Crippen molar-refractivity contribution < 1.29 is 4.39 Å². The molecular formula is C19H19FN+. The van der Waals surface area contributed by atoms with E-state index >= 15 is 0 Å². The average molecular weight is 280 g/mol. The van der Waals surface area contributed by atoms with Gasteiger partial charge in [-0.1, -0.05) is 42.5 Å². The fourth-order valence-electron chi connectivity index (χ4n) is 2.87. The molecule has 3 aromatic carbocycles. The molecule has 0 radical (unpaired) electrons. The highest BCUT2D eigenvalue weighted by atomic mass is 19.1. The third-order valence-corrected chi connectivity index (χ3v) is 3.91. The predicted molar refractivity (Wildman–Crippen MR) is 87.7 cm³/mol. The fraction of sp³-hybridized carbons (Fsp3) is 0.158. The van der Waals surface area contributed by atoms with Crippen LogP contribution >= 0.6 is 0 Å². The van der Waals surface area contributed by atoms with Crippen LogP contribution in [0.1, 0.15) is 5.56 Å². The maximum absolute atomic E-state index is 13.0. The van der Waals surface area contributed by atoms with E-state index in [1.807, 2.05) is 12.1 Å². The Morgan fingerprint density at radius 1 is 0.810 bits per heavy atom. The summed E-state index contributed by atoms with van der Waals surface area (Å²) in [6.07, 6.45) is 0. The Bertz CT molecular complexity index is 755. The van der Waals surface area contributed by atoms with Gasteiger partial charge in [-0.2, -0.15) is 0 Å². The Morgan fingerprint density at radius 3 is 2.24 bits per heavy atom. The third kappa shape index (κ3) is 2.81. The van der Waals surface area contributed by atoms with Crippen molar-refractivity contribution in [1.82, 2.24) is 4.48 Å². The number of rotatable bonds is 3. The largest absolute Gasteiger partial charge is 0.292 e. The Labute approximate surface area is 124 Å². The zero-order chi connectivity index (χ0) is 14.9. The van der Waals surface area contributed by atoms with Crippen LogP contribution in [0.3, 0.4) is 0 Å². The zero-order valence-corrected chi connectivity index (χ0v) is 12.4. The molecule has 21 heavy (non-hydrogen) atoms. The van der Waals surface area contributed by atoms with E-state index < -0.39 is 0 Å². The van der Waals surface area contributed by atoms with Crippen molar-refractivity contribution in [3.63, 3.8) is 0 Å². The molecule has 0 aliphatic carbocycles. The minimum atomic E-state index is -0.186. The van der Waals surface area contributed by atoms with Crippen molar-refractivity contribution in [2.45, 2.75) is 6.54 Å². The van der Waals surface area contributed by atoms with E-state index in [-0.39, 0.29) is 5.82 Å². The van der Waals surface area contributed by atoms with Crippen LogP contribution < -0.4 is 4.48 Å². The summed E-state index contributed by atoms with van der Waals surface area (Å²) in [5.41, 5.74) is 2.41. The topological polar surface area (TPSA) is 0 Å². The minimum Gasteiger partial charge on any atom is -0.292 e. The molecule has 0 unspecified atom stereocenters. The van der Waals surface area contributed by atoms with E-state index in [4.69, 9.17) is 0 Å². The second-order valence-corrected chi connectivity index (χ2v) is 5.97. The van der Waals surface area contributed by atoms with Gasteiger partial charge in [0, 0.05) is 10.9 Å². The smallest absolute Gasteiger partial charge is 0.140 e. The molecule has 1 nitrogen and oxygen atoms in total. The molecule has 0 atom stereocenters. The maximum atomic E-state index is 13.0. The molecule has 3 aromatic rings. The number of nitrogens with zero attached hydrogens (tertiary/aromatic N) is 1. The SMILES string of the molecule is C[N+](C)(Cc1ccc(F)cc1)c1cccc2ccccc12. The van der Waals surface area contributed by atoms with Crippen molar-refractivity contribution in [2.24, 2.45) is 0 Å². The quantitative estimate of drug-likeness (QED) is 0.608. The summed E-state index contributed by atoms with van der Waals surface area (Å²) in [4.78, 5) is 0. The fourth-order valence-corrected chi connectivity index (χ4v) is 2.87. The lowest BCUT2D eigenvalue weighted by atomic mass is 10.1. The minimum absolute atomic E-state index is 0.186. The lowest BCUT2D eigenvalue weighted by Crippen LogP contribution is -2.39. The summed E-state index contributed by atoms with van der Waals surface area (Å²) in [6.45, 7) is 0.828. The number of hydrogen-bond donors (Lipinski definition) is 0. The summed E-state index contributed by atoms with van der Waals surface area (Å²) in [6, 6.07) is 21.6. The Kier molecular flexibility index (Phi) is 3.48. The van der Waals surface area contributed by atoms with Crippen LogP contribution in [0, 0.1) is 5.82 Å². The first-order chi connectivity index (χ1) is 10.1. The van der Waals surface area contributed by atoms with Gasteiger partial charge >= 0.3 is 0 Å². The molecule has 0 fully saturated rings. The number of halogens is 1. The first-order valence-corrected chi connectivity index (χ1v) is 7.12. The highest BCUT2D eigenvalue weighted by molar-refractivity contribution is 5.93. The molecule has 0 aromatic heterocycles. The summed E-state index contributed by atoms with van der Waals surface area (Å²) in [5.74, 6) is -0.186. The molecule has 0 aliphatic heterocycles. The van der Waals surface area contributed by atoms with Crippen LogP contribution in [0.25, 0.3) is 10.8 Å². The summed E-state index contributed by atoms with van der Waals surface area (Å²) in [5, 5.41) is 2.52. The second kappa shape index (κ2) is 5.30. The van der Waals surface area contributed by atoms with Gasteiger partial charge in [-0.3, -0.25) is 4.48 Å². The summed E-state index contributed by atoms with van der Waals surface area (Å²) in [7, 11) is 4.37. The standard InChI is InChI=1S/C19H19FN/c1-21(2,14-15-10-12-17(20)13-11-15)19-9-5-7-16-6-3-4-8-18(16)19/h3-13H,14H2,1-2H3/q+1. The molecule has 0 aliphatic rings. The second-order valence-electron chi connectivity index (χ2n) is 5.97. The number of hydrogen-bond acceptors (Lipinski definition) is 0. The summed E-state index contributed by atoms with van der Waals surface area (Å²) >= 11 is 0. The average Bonchev–Trinajstić information content (AvgIpc) is 2.49. The van der Waals surface area contributed by atoms with Gasteiger partial charge in [-0.15, -0.1) is 0 Å². The van der Waals surface area contributed by atoms with E-state index in [1.54, 1.807) is 0 Å².